The maximum Gasteiger partial charge on any atom is 0.253 e. The molecule has 2 atom stereocenters. The fourth-order valence-corrected chi connectivity index (χ4v) is 2.89. The van der Waals surface area contributed by atoms with Crippen LogP contribution < -0.4 is 10.1 Å². The summed E-state index contributed by atoms with van der Waals surface area (Å²) in [5.74, 6) is 0.597. The lowest BCUT2D eigenvalue weighted by Crippen LogP contribution is -2.51. The van der Waals surface area contributed by atoms with E-state index in [9.17, 15) is 4.79 Å². The number of aryl methyl sites for hydroxylation is 1. The number of hydrogen-bond donors (Lipinski definition) is 1. The molecule has 0 saturated carbocycles. The number of amides is 1. The second-order valence-corrected chi connectivity index (χ2v) is 7.71. The van der Waals surface area contributed by atoms with Crippen molar-refractivity contribution < 1.29 is 14.3 Å². The normalized spacial score (nSPS) is 20.6. The molecule has 1 fully saturated rings. The fraction of sp³-hybridized carbons (Fsp3) is 0.500. The van der Waals surface area contributed by atoms with Crippen molar-refractivity contribution in [2.75, 3.05) is 13.2 Å². The first-order chi connectivity index (χ1) is 12.3. The molecule has 0 bridgehead atoms. The molecule has 0 radical (unpaired) electrons. The van der Waals surface area contributed by atoms with Gasteiger partial charge in [-0.15, -0.1) is 0 Å². The van der Waals surface area contributed by atoms with Crippen molar-refractivity contribution in [1.82, 2.24) is 14.9 Å². The second-order valence-electron chi connectivity index (χ2n) is 7.71. The van der Waals surface area contributed by atoms with Crippen LogP contribution in [-0.2, 0) is 10.3 Å². The first-order valence-electron chi connectivity index (χ1n) is 8.99. The lowest BCUT2D eigenvalue weighted by Gasteiger charge is -2.32. The molecule has 1 amide bonds. The summed E-state index contributed by atoms with van der Waals surface area (Å²) in [4.78, 5) is 16.9. The van der Waals surface area contributed by atoms with E-state index in [-0.39, 0.29) is 23.6 Å². The molecule has 140 valence electrons. The van der Waals surface area contributed by atoms with Gasteiger partial charge in [0, 0.05) is 30.0 Å². The average Bonchev–Trinajstić information content (AvgIpc) is 3.09. The van der Waals surface area contributed by atoms with E-state index < -0.39 is 0 Å². The Kier molecular flexibility index (Phi) is 5.32. The largest absolute Gasteiger partial charge is 0.486 e. The van der Waals surface area contributed by atoms with Crippen molar-refractivity contribution in [2.24, 2.45) is 0 Å². The number of ether oxygens (including phenoxy) is 2. The van der Waals surface area contributed by atoms with E-state index in [1.807, 2.05) is 42.1 Å². The molecule has 2 aromatic heterocycles. The van der Waals surface area contributed by atoms with Crippen LogP contribution in [0, 0.1) is 6.92 Å². The summed E-state index contributed by atoms with van der Waals surface area (Å²) in [6, 6.07) is 5.46. The number of hydrogen-bond acceptors (Lipinski definition) is 4. The summed E-state index contributed by atoms with van der Waals surface area (Å²) < 4.78 is 13.6. The van der Waals surface area contributed by atoms with E-state index >= 15 is 0 Å². The molecule has 1 aliphatic heterocycles. The van der Waals surface area contributed by atoms with Crippen LogP contribution in [0.4, 0.5) is 0 Å². The van der Waals surface area contributed by atoms with E-state index in [2.05, 4.69) is 31.1 Å². The maximum absolute atomic E-state index is 12.6. The smallest absolute Gasteiger partial charge is 0.253 e. The lowest BCUT2D eigenvalue weighted by molar-refractivity contribution is -0.00301. The van der Waals surface area contributed by atoms with Gasteiger partial charge in [0.25, 0.3) is 5.91 Å². The number of nitrogens with zero attached hydrogens (tertiary/aromatic N) is 2. The molecule has 0 unspecified atom stereocenters. The number of pyridine rings is 1. The zero-order valence-corrected chi connectivity index (χ0v) is 15.9. The van der Waals surface area contributed by atoms with Gasteiger partial charge in [-0.25, -0.2) is 0 Å². The van der Waals surface area contributed by atoms with Crippen molar-refractivity contribution in [3.63, 3.8) is 0 Å². The third kappa shape index (κ3) is 4.43. The van der Waals surface area contributed by atoms with E-state index in [0.29, 0.717) is 24.5 Å². The van der Waals surface area contributed by atoms with Gasteiger partial charge in [0.1, 0.15) is 11.9 Å². The fourth-order valence-electron chi connectivity index (χ4n) is 2.89. The summed E-state index contributed by atoms with van der Waals surface area (Å²) in [5, 5.41) is 3.06. The Bertz CT molecular complexity index is 746. The predicted octanol–water partition coefficient (Wildman–Crippen LogP) is 2.91. The predicted molar refractivity (Wildman–Crippen MR) is 99.5 cm³/mol. The molecular weight excluding hydrogens is 330 g/mol. The minimum Gasteiger partial charge on any atom is -0.486 e. The van der Waals surface area contributed by atoms with Crippen molar-refractivity contribution in [2.45, 2.75) is 51.8 Å². The highest BCUT2D eigenvalue weighted by atomic mass is 16.5. The number of rotatable bonds is 4. The highest BCUT2D eigenvalue weighted by Gasteiger charge is 2.29. The van der Waals surface area contributed by atoms with Crippen LogP contribution in [0.15, 0.2) is 36.8 Å². The van der Waals surface area contributed by atoms with Gasteiger partial charge < -0.3 is 19.4 Å². The van der Waals surface area contributed by atoms with Crippen molar-refractivity contribution >= 4 is 5.91 Å². The van der Waals surface area contributed by atoms with Crippen molar-refractivity contribution in [3.05, 3.63) is 48.0 Å². The summed E-state index contributed by atoms with van der Waals surface area (Å²) >= 11 is 0. The Morgan fingerprint density at radius 2 is 2.15 bits per heavy atom. The molecule has 1 aliphatic rings. The van der Waals surface area contributed by atoms with Crippen LogP contribution in [0.25, 0.3) is 0 Å². The summed E-state index contributed by atoms with van der Waals surface area (Å²) in [6.07, 6.45) is 6.10. The van der Waals surface area contributed by atoms with Crippen LogP contribution in [0.1, 0.15) is 43.2 Å². The summed E-state index contributed by atoms with van der Waals surface area (Å²) in [5.41, 5.74) is 1.52. The quantitative estimate of drug-likeness (QED) is 0.914. The summed E-state index contributed by atoms with van der Waals surface area (Å²) in [7, 11) is 0. The van der Waals surface area contributed by atoms with Gasteiger partial charge >= 0.3 is 0 Å². The van der Waals surface area contributed by atoms with Gasteiger partial charge in [0.05, 0.1) is 31.0 Å². The Morgan fingerprint density at radius 3 is 2.81 bits per heavy atom. The number of aromatic nitrogens is 2. The molecule has 2 aromatic rings. The molecule has 3 heterocycles. The number of carbonyl (C=O) groups is 1. The van der Waals surface area contributed by atoms with Crippen molar-refractivity contribution in [3.8, 4) is 5.75 Å². The van der Waals surface area contributed by atoms with Gasteiger partial charge in [-0.3, -0.25) is 9.78 Å². The Hall–Kier alpha value is -2.34. The number of nitrogens with one attached hydrogen (secondary N) is 1. The van der Waals surface area contributed by atoms with Gasteiger partial charge in [0.15, 0.2) is 0 Å². The Morgan fingerprint density at radius 1 is 1.35 bits per heavy atom. The molecule has 26 heavy (non-hydrogen) atoms. The minimum absolute atomic E-state index is 0.0590. The molecule has 6 nitrogen and oxygen atoms in total. The third-order valence-corrected chi connectivity index (χ3v) is 4.51. The molecule has 1 saturated heterocycles. The van der Waals surface area contributed by atoms with Crippen LogP contribution >= 0.6 is 0 Å². The zero-order chi connectivity index (χ0) is 18.7. The van der Waals surface area contributed by atoms with Gasteiger partial charge in [0.2, 0.25) is 0 Å². The molecule has 0 aliphatic carbocycles. The zero-order valence-electron chi connectivity index (χ0n) is 15.9. The minimum atomic E-state index is -0.199. The Balaban J connectivity index is 1.66. The highest BCUT2D eigenvalue weighted by Crippen LogP contribution is 2.19. The lowest BCUT2D eigenvalue weighted by atomic mass is 10.1. The van der Waals surface area contributed by atoms with E-state index in [4.69, 9.17) is 9.47 Å². The van der Waals surface area contributed by atoms with Crippen molar-refractivity contribution in [1.29, 1.82) is 0 Å². The topological polar surface area (TPSA) is 65.4 Å². The molecule has 1 N–H and O–H groups in total. The Labute approximate surface area is 154 Å². The number of carbonyl (C=O) groups excluding carboxylic acids is 1. The molecule has 3 rings (SSSR count). The second kappa shape index (κ2) is 7.50. The highest BCUT2D eigenvalue weighted by molar-refractivity contribution is 5.94. The van der Waals surface area contributed by atoms with E-state index in [1.54, 1.807) is 6.20 Å². The van der Waals surface area contributed by atoms with Gasteiger partial charge in [-0.05, 0) is 45.9 Å². The van der Waals surface area contributed by atoms with Crippen LogP contribution in [0.3, 0.4) is 0 Å². The molecule has 0 spiro atoms. The first-order valence-corrected chi connectivity index (χ1v) is 8.99. The maximum atomic E-state index is 12.6. The van der Waals surface area contributed by atoms with Crippen LogP contribution in [0.5, 0.6) is 5.75 Å². The molecular formula is C20H27N3O3. The molecule has 6 heteroatoms. The molecule has 0 aromatic carbocycles. The van der Waals surface area contributed by atoms with Gasteiger partial charge in [-0.2, -0.15) is 0 Å². The standard InChI is InChI=1S/C20H27N3O3/c1-14-5-6-16(11-21-14)26-18-8-10-25-13-17(18)22-19(24)15-7-9-23(12-15)20(2,3)4/h5-7,9,11-12,17-18H,8,10,13H2,1-4H3,(H,22,24)/t17-,18+/m0/s1. The monoisotopic (exact) mass is 357 g/mol. The van der Waals surface area contributed by atoms with Crippen LogP contribution in [0.2, 0.25) is 0 Å². The van der Waals surface area contributed by atoms with Gasteiger partial charge in [-0.1, -0.05) is 0 Å². The van der Waals surface area contributed by atoms with E-state index in [1.165, 1.54) is 0 Å². The van der Waals surface area contributed by atoms with Crippen LogP contribution in [-0.4, -0.2) is 40.8 Å². The average molecular weight is 357 g/mol. The summed E-state index contributed by atoms with van der Waals surface area (Å²) in [6.45, 7) is 9.30. The third-order valence-electron chi connectivity index (χ3n) is 4.51. The first kappa shape index (κ1) is 18.5. The van der Waals surface area contributed by atoms with E-state index in [0.717, 1.165) is 12.1 Å². The SMILES string of the molecule is Cc1ccc(O[C@@H]2CCOC[C@@H]2NC(=O)c2ccn(C(C)(C)C)c2)cn1.